The average molecular weight is 232 g/mol. The van der Waals surface area contributed by atoms with Gasteiger partial charge in [-0.3, -0.25) is 5.10 Å². The van der Waals surface area contributed by atoms with Gasteiger partial charge in [0.25, 0.3) is 0 Å². The monoisotopic (exact) mass is 232 g/mol. The van der Waals surface area contributed by atoms with E-state index in [1.807, 2.05) is 40.8 Å². The third-order valence-corrected chi connectivity index (χ3v) is 2.16. The Hall–Kier alpha value is -1.57. The normalized spacial score (nSPS) is 8.59. The van der Waals surface area contributed by atoms with Crippen molar-refractivity contribution in [2.45, 2.75) is 41.5 Å². The Labute approximate surface area is 105 Å². The molecule has 2 rings (SSSR count). The van der Waals surface area contributed by atoms with Crippen LogP contribution >= 0.6 is 0 Å². The van der Waals surface area contributed by atoms with Crippen LogP contribution in [0.1, 0.15) is 39.0 Å². The molecule has 0 saturated heterocycles. The predicted molar refractivity (Wildman–Crippen MR) is 76.2 cm³/mol. The van der Waals surface area contributed by atoms with Crippen LogP contribution in [0.5, 0.6) is 0 Å². The number of hydrogen-bond donors (Lipinski definition) is 1. The third-order valence-electron chi connectivity index (χ3n) is 2.16. The molecular formula is C15H24N2. The highest BCUT2D eigenvalue weighted by Crippen LogP contribution is 2.21. The van der Waals surface area contributed by atoms with Crippen LogP contribution in [0, 0.1) is 13.8 Å². The molecule has 1 aromatic carbocycles. The van der Waals surface area contributed by atoms with Gasteiger partial charge in [-0.15, -0.1) is 0 Å². The lowest BCUT2D eigenvalue weighted by Gasteiger charge is -1.99. The fourth-order valence-corrected chi connectivity index (χ4v) is 1.45. The molecule has 2 aromatic rings. The van der Waals surface area contributed by atoms with Crippen molar-refractivity contribution in [3.8, 4) is 11.1 Å². The van der Waals surface area contributed by atoms with Gasteiger partial charge < -0.3 is 0 Å². The summed E-state index contributed by atoms with van der Waals surface area (Å²) in [5.41, 5.74) is 4.80. The Bertz CT molecular complexity index is 416. The van der Waals surface area contributed by atoms with E-state index in [0.717, 1.165) is 5.69 Å². The summed E-state index contributed by atoms with van der Waals surface area (Å²) in [5.74, 6) is 0. The molecule has 0 fully saturated rings. The van der Waals surface area contributed by atoms with Gasteiger partial charge in [-0.2, -0.15) is 5.10 Å². The maximum absolute atomic E-state index is 4.00. The molecule has 1 N–H and O–H groups in total. The number of nitrogens with zero attached hydrogens (tertiary/aromatic N) is 1. The van der Waals surface area contributed by atoms with Crippen molar-refractivity contribution in [3.63, 3.8) is 0 Å². The van der Waals surface area contributed by atoms with Crippen LogP contribution in [0.25, 0.3) is 11.1 Å². The topological polar surface area (TPSA) is 28.7 Å². The smallest absolute Gasteiger partial charge is 0.0568 e. The molecule has 0 saturated carbocycles. The molecule has 2 nitrogen and oxygen atoms in total. The van der Waals surface area contributed by atoms with Crippen molar-refractivity contribution in [2.75, 3.05) is 0 Å². The first-order chi connectivity index (χ1) is 8.27. The van der Waals surface area contributed by atoms with E-state index in [9.17, 15) is 0 Å². The summed E-state index contributed by atoms with van der Waals surface area (Å²) in [6.07, 6.45) is 1.87. The summed E-state index contributed by atoms with van der Waals surface area (Å²) >= 11 is 0. The standard InChI is InChI=1S/C11H12N2.2C2H6/c1-8-4-3-5-10(6-8)11-7-12-13-9(11)2;2*1-2/h3-7H,1-2H3,(H,12,13);2*1-2H3. The van der Waals surface area contributed by atoms with Crippen LogP contribution in [-0.2, 0) is 0 Å². The summed E-state index contributed by atoms with van der Waals surface area (Å²) in [7, 11) is 0. The molecule has 0 aliphatic rings. The van der Waals surface area contributed by atoms with Crippen molar-refractivity contribution in [1.82, 2.24) is 10.2 Å². The van der Waals surface area contributed by atoms with Crippen LogP contribution in [0.3, 0.4) is 0 Å². The van der Waals surface area contributed by atoms with Gasteiger partial charge in [0.05, 0.1) is 6.20 Å². The molecule has 0 atom stereocenters. The Balaban J connectivity index is 0.000000581. The molecule has 0 radical (unpaired) electrons. The van der Waals surface area contributed by atoms with Crippen LogP contribution in [0.4, 0.5) is 0 Å². The summed E-state index contributed by atoms with van der Waals surface area (Å²) < 4.78 is 0. The quantitative estimate of drug-likeness (QED) is 0.755. The van der Waals surface area contributed by atoms with Crippen LogP contribution in [0.2, 0.25) is 0 Å². The van der Waals surface area contributed by atoms with Crippen molar-refractivity contribution in [2.24, 2.45) is 0 Å². The van der Waals surface area contributed by atoms with Gasteiger partial charge in [-0.05, 0) is 19.4 Å². The van der Waals surface area contributed by atoms with Gasteiger partial charge in [0.1, 0.15) is 0 Å². The van der Waals surface area contributed by atoms with Crippen LogP contribution in [0.15, 0.2) is 30.5 Å². The van der Waals surface area contributed by atoms with Gasteiger partial charge in [-0.1, -0.05) is 57.5 Å². The van der Waals surface area contributed by atoms with Gasteiger partial charge in [0, 0.05) is 11.3 Å². The molecule has 0 amide bonds. The molecule has 1 heterocycles. The molecule has 0 aliphatic heterocycles. The number of hydrogen-bond acceptors (Lipinski definition) is 1. The summed E-state index contributed by atoms with van der Waals surface area (Å²) in [6, 6.07) is 8.43. The Morgan fingerprint density at radius 3 is 2.12 bits per heavy atom. The summed E-state index contributed by atoms with van der Waals surface area (Å²) in [6.45, 7) is 12.1. The summed E-state index contributed by atoms with van der Waals surface area (Å²) in [5, 5.41) is 6.94. The minimum Gasteiger partial charge on any atom is -0.282 e. The van der Waals surface area contributed by atoms with E-state index >= 15 is 0 Å². The Kier molecular flexibility index (Phi) is 7.78. The summed E-state index contributed by atoms with van der Waals surface area (Å²) in [4.78, 5) is 0. The zero-order valence-corrected chi connectivity index (χ0v) is 11.8. The largest absolute Gasteiger partial charge is 0.282 e. The SMILES string of the molecule is CC.CC.Cc1cccc(-c2cn[nH]c2C)c1. The zero-order valence-electron chi connectivity index (χ0n) is 11.8. The maximum atomic E-state index is 4.00. The average Bonchev–Trinajstić information content (AvgIpc) is 2.81. The first-order valence-electron chi connectivity index (χ1n) is 6.34. The Morgan fingerprint density at radius 2 is 1.65 bits per heavy atom. The fourth-order valence-electron chi connectivity index (χ4n) is 1.45. The zero-order chi connectivity index (χ0) is 13.3. The van der Waals surface area contributed by atoms with E-state index in [1.54, 1.807) is 0 Å². The van der Waals surface area contributed by atoms with Gasteiger partial charge in [0.15, 0.2) is 0 Å². The van der Waals surface area contributed by atoms with Crippen molar-refractivity contribution >= 4 is 0 Å². The third kappa shape index (κ3) is 4.43. The van der Waals surface area contributed by atoms with Crippen molar-refractivity contribution < 1.29 is 0 Å². The molecule has 0 spiro atoms. The molecule has 17 heavy (non-hydrogen) atoms. The van der Waals surface area contributed by atoms with E-state index in [-0.39, 0.29) is 0 Å². The predicted octanol–water partition coefficient (Wildman–Crippen LogP) is 4.75. The van der Waals surface area contributed by atoms with E-state index < -0.39 is 0 Å². The molecule has 1 aromatic heterocycles. The van der Waals surface area contributed by atoms with E-state index in [2.05, 4.69) is 41.4 Å². The number of rotatable bonds is 1. The van der Waals surface area contributed by atoms with E-state index in [1.165, 1.54) is 16.7 Å². The van der Waals surface area contributed by atoms with Crippen molar-refractivity contribution in [3.05, 3.63) is 41.7 Å². The molecule has 0 unspecified atom stereocenters. The minimum atomic E-state index is 1.12. The van der Waals surface area contributed by atoms with Gasteiger partial charge in [0.2, 0.25) is 0 Å². The van der Waals surface area contributed by atoms with Gasteiger partial charge >= 0.3 is 0 Å². The van der Waals surface area contributed by atoms with E-state index in [4.69, 9.17) is 0 Å². The highest BCUT2D eigenvalue weighted by molar-refractivity contribution is 5.65. The first kappa shape index (κ1) is 15.4. The second-order valence-corrected chi connectivity index (χ2v) is 3.28. The molecule has 2 heteroatoms. The minimum absolute atomic E-state index is 1.12. The first-order valence-corrected chi connectivity index (χ1v) is 6.34. The number of aryl methyl sites for hydroxylation is 2. The number of aromatic amines is 1. The van der Waals surface area contributed by atoms with Crippen LogP contribution in [-0.4, -0.2) is 10.2 Å². The highest BCUT2D eigenvalue weighted by Gasteiger charge is 2.02. The second kappa shape index (κ2) is 8.57. The fraction of sp³-hybridized carbons (Fsp3) is 0.400. The lowest BCUT2D eigenvalue weighted by atomic mass is 10.1. The lowest BCUT2D eigenvalue weighted by Crippen LogP contribution is -1.79. The molecule has 0 aliphatic carbocycles. The second-order valence-electron chi connectivity index (χ2n) is 3.28. The Morgan fingerprint density at radius 1 is 1.00 bits per heavy atom. The molecule has 0 bridgehead atoms. The maximum Gasteiger partial charge on any atom is 0.0568 e. The van der Waals surface area contributed by atoms with Crippen molar-refractivity contribution in [1.29, 1.82) is 0 Å². The number of H-pyrrole nitrogens is 1. The van der Waals surface area contributed by atoms with E-state index in [0.29, 0.717) is 0 Å². The number of aromatic nitrogens is 2. The highest BCUT2D eigenvalue weighted by atomic mass is 15.1. The molecule has 94 valence electrons. The van der Waals surface area contributed by atoms with Gasteiger partial charge in [-0.25, -0.2) is 0 Å². The lowest BCUT2D eigenvalue weighted by molar-refractivity contribution is 1.05. The van der Waals surface area contributed by atoms with Crippen LogP contribution < -0.4 is 0 Å². The number of nitrogens with one attached hydrogen (secondary N) is 1. The number of benzene rings is 1. The molecular weight excluding hydrogens is 208 g/mol.